The summed E-state index contributed by atoms with van der Waals surface area (Å²) in [5.74, 6) is 0.875. The molecule has 0 aliphatic heterocycles. The predicted molar refractivity (Wildman–Crippen MR) is 142 cm³/mol. The number of halogens is 2. The van der Waals surface area contributed by atoms with E-state index in [9.17, 15) is 10.1 Å². The van der Waals surface area contributed by atoms with Crippen LogP contribution >= 0.6 is 38.5 Å². The fourth-order valence-electron chi connectivity index (χ4n) is 3.10. The second-order valence-corrected chi connectivity index (χ2v) is 9.19. The molecule has 0 fully saturated rings. The van der Waals surface area contributed by atoms with Gasteiger partial charge in [-0.05, 0) is 93.8 Å². The van der Waals surface area contributed by atoms with Crippen molar-refractivity contribution in [1.82, 2.24) is 0 Å². The summed E-state index contributed by atoms with van der Waals surface area (Å²) in [4.78, 5) is 12.7. The molecule has 0 bridgehead atoms. The van der Waals surface area contributed by atoms with Gasteiger partial charge in [-0.25, -0.2) is 0 Å². The number of carbonyl (C=O) groups is 1. The van der Waals surface area contributed by atoms with Crippen molar-refractivity contribution in [1.29, 1.82) is 5.26 Å². The van der Waals surface area contributed by atoms with Crippen LogP contribution in [0.1, 0.15) is 23.6 Å². The van der Waals surface area contributed by atoms with E-state index in [1.54, 1.807) is 24.3 Å². The Morgan fingerprint density at radius 1 is 1.15 bits per heavy atom. The molecule has 0 radical (unpaired) electrons. The molecule has 3 rings (SSSR count). The number of hydrogen-bond donors (Lipinski definition) is 1. The zero-order valence-electron chi connectivity index (χ0n) is 18.2. The van der Waals surface area contributed by atoms with E-state index in [4.69, 9.17) is 9.47 Å². The van der Waals surface area contributed by atoms with Gasteiger partial charge in [-0.2, -0.15) is 5.26 Å². The second-order valence-electron chi connectivity index (χ2n) is 7.18. The number of carbonyl (C=O) groups excluding carboxylic acids is 1. The van der Waals surface area contributed by atoms with Crippen LogP contribution in [-0.2, 0) is 11.4 Å². The Bertz CT molecular complexity index is 1210. The summed E-state index contributed by atoms with van der Waals surface area (Å²) in [5.41, 5.74) is 3.52. The lowest BCUT2D eigenvalue weighted by molar-refractivity contribution is -0.112. The fraction of sp³-hybridized carbons (Fsp3) is 0.154. The Morgan fingerprint density at radius 2 is 1.94 bits per heavy atom. The van der Waals surface area contributed by atoms with E-state index in [2.05, 4.69) is 49.9 Å². The molecule has 0 saturated carbocycles. The average molecular weight is 617 g/mol. The minimum absolute atomic E-state index is 0.00654. The molecule has 5 nitrogen and oxygen atoms in total. The molecular formula is C26H22BrIN2O3. The summed E-state index contributed by atoms with van der Waals surface area (Å²) < 4.78 is 13.1. The second kappa shape index (κ2) is 11.9. The van der Waals surface area contributed by atoms with Gasteiger partial charge in [0.25, 0.3) is 5.91 Å². The van der Waals surface area contributed by atoms with Gasteiger partial charge in [0.15, 0.2) is 0 Å². The van der Waals surface area contributed by atoms with Gasteiger partial charge in [0, 0.05) is 11.8 Å². The largest absolute Gasteiger partial charge is 0.494 e. The zero-order valence-corrected chi connectivity index (χ0v) is 21.9. The van der Waals surface area contributed by atoms with Crippen LogP contribution in [-0.4, -0.2) is 12.5 Å². The number of amides is 1. The molecule has 3 aromatic rings. The first kappa shape index (κ1) is 24.8. The molecule has 0 spiro atoms. The zero-order chi connectivity index (χ0) is 23.8. The lowest BCUT2D eigenvalue weighted by Crippen LogP contribution is -2.13. The molecule has 1 N–H and O–H groups in total. The molecule has 33 heavy (non-hydrogen) atoms. The lowest BCUT2D eigenvalue weighted by Gasteiger charge is -2.12. The predicted octanol–water partition coefficient (Wildman–Crippen LogP) is 6.89. The van der Waals surface area contributed by atoms with Gasteiger partial charge in [0.2, 0.25) is 0 Å². The van der Waals surface area contributed by atoms with Crippen molar-refractivity contribution in [3.63, 3.8) is 0 Å². The van der Waals surface area contributed by atoms with Crippen LogP contribution in [0, 0.1) is 21.8 Å². The Labute approximate surface area is 215 Å². The lowest BCUT2D eigenvalue weighted by atomic mass is 10.1. The minimum atomic E-state index is -0.489. The molecule has 0 aromatic heterocycles. The molecule has 7 heteroatoms. The van der Waals surface area contributed by atoms with Crippen LogP contribution < -0.4 is 14.8 Å². The van der Waals surface area contributed by atoms with Crippen LogP contribution in [0.15, 0.2) is 70.7 Å². The maximum atomic E-state index is 12.7. The van der Waals surface area contributed by atoms with Gasteiger partial charge in [0.05, 0.1) is 14.6 Å². The molecule has 3 aromatic carbocycles. The Hall–Kier alpha value is -2.83. The normalized spacial score (nSPS) is 10.9. The fourth-order valence-corrected chi connectivity index (χ4v) is 4.87. The minimum Gasteiger partial charge on any atom is -0.494 e. The van der Waals surface area contributed by atoms with E-state index < -0.39 is 5.91 Å². The number of aryl methyl sites for hydroxylation is 1. The van der Waals surface area contributed by atoms with E-state index in [0.717, 1.165) is 13.6 Å². The van der Waals surface area contributed by atoms with Crippen molar-refractivity contribution in [2.24, 2.45) is 0 Å². The van der Waals surface area contributed by atoms with Crippen molar-refractivity contribution in [3.8, 4) is 17.6 Å². The van der Waals surface area contributed by atoms with Gasteiger partial charge < -0.3 is 14.8 Å². The maximum absolute atomic E-state index is 12.7. The number of nitrogens with zero attached hydrogens (tertiary/aromatic N) is 1. The van der Waals surface area contributed by atoms with Gasteiger partial charge >= 0.3 is 0 Å². The Balaban J connectivity index is 1.76. The summed E-state index contributed by atoms with van der Waals surface area (Å²) in [6.07, 6.45) is 1.55. The third-order valence-electron chi connectivity index (χ3n) is 4.57. The summed E-state index contributed by atoms with van der Waals surface area (Å²) in [6, 6.07) is 20.9. The van der Waals surface area contributed by atoms with E-state index in [1.165, 1.54) is 5.56 Å². The summed E-state index contributed by atoms with van der Waals surface area (Å²) in [6.45, 7) is 4.90. The first-order chi connectivity index (χ1) is 15.9. The molecule has 0 saturated heterocycles. The van der Waals surface area contributed by atoms with Gasteiger partial charge in [-0.1, -0.05) is 35.9 Å². The first-order valence-electron chi connectivity index (χ1n) is 10.2. The summed E-state index contributed by atoms with van der Waals surface area (Å²) in [7, 11) is 0. The van der Waals surface area contributed by atoms with Crippen molar-refractivity contribution in [2.45, 2.75) is 20.5 Å². The SMILES string of the molecule is CCOc1cccc(NC(=O)/C(C#N)=C\c2cc(Br)c(OCc3cccc(C)c3)c(I)c2)c1. The highest BCUT2D eigenvalue weighted by atomic mass is 127. The number of rotatable bonds is 8. The highest BCUT2D eigenvalue weighted by Crippen LogP contribution is 2.33. The average Bonchev–Trinajstić information content (AvgIpc) is 2.77. The molecule has 0 atom stereocenters. The standard InChI is InChI=1S/C26H22BrIN2O3/c1-3-32-22-9-5-8-21(14-22)30-26(31)20(15-29)11-19-12-23(27)25(24(28)13-19)33-16-18-7-4-6-17(2)10-18/h4-14H,3,16H2,1-2H3,(H,30,31)/b20-11-. The molecule has 0 aliphatic carbocycles. The molecule has 0 heterocycles. The van der Waals surface area contributed by atoms with Crippen LogP contribution in [0.5, 0.6) is 11.5 Å². The van der Waals surface area contributed by atoms with Gasteiger partial charge in [0.1, 0.15) is 29.7 Å². The quantitative estimate of drug-likeness (QED) is 0.170. The molecular weight excluding hydrogens is 595 g/mol. The molecule has 1 amide bonds. The van der Waals surface area contributed by atoms with Crippen molar-refractivity contribution < 1.29 is 14.3 Å². The highest BCUT2D eigenvalue weighted by molar-refractivity contribution is 14.1. The Morgan fingerprint density at radius 3 is 2.64 bits per heavy atom. The van der Waals surface area contributed by atoms with Crippen LogP contribution in [0.3, 0.4) is 0 Å². The molecule has 0 unspecified atom stereocenters. The highest BCUT2D eigenvalue weighted by Gasteiger charge is 2.13. The van der Waals surface area contributed by atoms with E-state index in [1.807, 2.05) is 56.3 Å². The topological polar surface area (TPSA) is 71.3 Å². The van der Waals surface area contributed by atoms with E-state index in [0.29, 0.717) is 36.0 Å². The maximum Gasteiger partial charge on any atom is 0.266 e. The van der Waals surface area contributed by atoms with E-state index in [-0.39, 0.29) is 5.57 Å². The first-order valence-corrected chi connectivity index (χ1v) is 12.1. The number of hydrogen-bond acceptors (Lipinski definition) is 4. The summed E-state index contributed by atoms with van der Waals surface area (Å²) >= 11 is 5.74. The number of benzene rings is 3. The monoisotopic (exact) mass is 616 g/mol. The smallest absolute Gasteiger partial charge is 0.266 e. The van der Waals surface area contributed by atoms with Crippen molar-refractivity contribution in [3.05, 3.63) is 91.0 Å². The van der Waals surface area contributed by atoms with Crippen LogP contribution in [0.2, 0.25) is 0 Å². The molecule has 168 valence electrons. The number of nitriles is 1. The number of nitrogens with one attached hydrogen (secondary N) is 1. The third-order valence-corrected chi connectivity index (χ3v) is 5.96. The van der Waals surface area contributed by atoms with Crippen LogP contribution in [0.25, 0.3) is 6.08 Å². The molecule has 0 aliphatic rings. The van der Waals surface area contributed by atoms with E-state index >= 15 is 0 Å². The number of ether oxygens (including phenoxy) is 2. The van der Waals surface area contributed by atoms with Crippen molar-refractivity contribution in [2.75, 3.05) is 11.9 Å². The Kier molecular flexibility index (Phi) is 8.92. The number of anilines is 1. The van der Waals surface area contributed by atoms with Crippen molar-refractivity contribution >= 4 is 56.2 Å². The van der Waals surface area contributed by atoms with Gasteiger partial charge in [-0.3, -0.25) is 4.79 Å². The third kappa shape index (κ3) is 7.07. The van der Waals surface area contributed by atoms with Crippen LogP contribution in [0.4, 0.5) is 5.69 Å². The summed E-state index contributed by atoms with van der Waals surface area (Å²) in [5, 5.41) is 12.3. The van der Waals surface area contributed by atoms with Gasteiger partial charge in [-0.15, -0.1) is 0 Å².